The summed E-state index contributed by atoms with van der Waals surface area (Å²) in [5.74, 6) is 0.598. The number of thiophene rings is 1. The highest BCUT2D eigenvalue weighted by Crippen LogP contribution is 2.42. The number of methoxy groups -OCH3 is 1. The van der Waals surface area contributed by atoms with Gasteiger partial charge >= 0.3 is 0 Å². The quantitative estimate of drug-likeness (QED) is 0.902. The number of nitrogens with one attached hydrogen (secondary N) is 1. The zero-order valence-corrected chi connectivity index (χ0v) is 14.4. The van der Waals surface area contributed by atoms with E-state index in [9.17, 15) is 4.79 Å². The van der Waals surface area contributed by atoms with Crippen molar-refractivity contribution in [2.45, 2.75) is 33.7 Å². The minimum Gasteiger partial charge on any atom is -0.496 e. The fourth-order valence-corrected chi connectivity index (χ4v) is 3.41. The minimum absolute atomic E-state index is 0.0550. The van der Waals surface area contributed by atoms with Gasteiger partial charge in [-0.3, -0.25) is 4.79 Å². The third-order valence-corrected chi connectivity index (χ3v) is 4.32. The molecule has 1 amide bonds. The van der Waals surface area contributed by atoms with Gasteiger partial charge in [0, 0.05) is 22.0 Å². The van der Waals surface area contributed by atoms with Gasteiger partial charge in [0.05, 0.1) is 17.7 Å². The van der Waals surface area contributed by atoms with Crippen molar-refractivity contribution in [3.05, 3.63) is 34.2 Å². The highest BCUT2D eigenvalue weighted by atomic mass is 32.1. The van der Waals surface area contributed by atoms with E-state index in [1.807, 2.05) is 45.9 Å². The molecule has 2 rings (SSSR count). The lowest BCUT2D eigenvalue weighted by molar-refractivity contribution is 0.0945. The summed E-state index contributed by atoms with van der Waals surface area (Å²) in [5, 5.41) is 3.46. The maximum Gasteiger partial charge on any atom is 0.255 e. The van der Waals surface area contributed by atoms with Gasteiger partial charge in [-0.2, -0.15) is 0 Å². The molecule has 118 valence electrons. The van der Waals surface area contributed by atoms with Crippen LogP contribution in [-0.4, -0.2) is 19.1 Å². The van der Waals surface area contributed by atoms with E-state index < -0.39 is 0 Å². The van der Waals surface area contributed by atoms with Crippen LogP contribution >= 0.6 is 11.3 Å². The third-order valence-electron chi connectivity index (χ3n) is 3.38. The highest BCUT2D eigenvalue weighted by Gasteiger charge is 2.24. The molecule has 2 aromatic rings. The topological polar surface area (TPSA) is 64.3 Å². The molecule has 1 aromatic carbocycles. The molecule has 3 N–H and O–H groups in total. The molecule has 5 heteroatoms. The molecule has 22 heavy (non-hydrogen) atoms. The lowest BCUT2D eigenvalue weighted by Gasteiger charge is -2.14. The van der Waals surface area contributed by atoms with Crippen LogP contribution in [0.25, 0.3) is 11.1 Å². The summed E-state index contributed by atoms with van der Waals surface area (Å²) in [6, 6.07) is 5.99. The van der Waals surface area contributed by atoms with Crippen molar-refractivity contribution in [3.63, 3.8) is 0 Å². The summed E-state index contributed by atoms with van der Waals surface area (Å²) in [5.41, 5.74) is 9.52. The van der Waals surface area contributed by atoms with Crippen LogP contribution in [0.5, 0.6) is 5.75 Å². The summed E-state index contributed by atoms with van der Waals surface area (Å²) in [4.78, 5) is 13.6. The summed E-state index contributed by atoms with van der Waals surface area (Å²) < 4.78 is 5.47. The van der Waals surface area contributed by atoms with Crippen LogP contribution in [0.2, 0.25) is 0 Å². The van der Waals surface area contributed by atoms with Crippen molar-refractivity contribution in [2.24, 2.45) is 0 Å². The Balaban J connectivity index is 2.66. The molecule has 1 heterocycles. The average molecular weight is 318 g/mol. The van der Waals surface area contributed by atoms with Gasteiger partial charge in [-0.1, -0.05) is 11.6 Å². The predicted molar refractivity (Wildman–Crippen MR) is 92.8 cm³/mol. The number of hydrogen-bond donors (Lipinski definition) is 2. The van der Waals surface area contributed by atoms with Gasteiger partial charge < -0.3 is 15.8 Å². The zero-order chi connectivity index (χ0) is 16.4. The van der Waals surface area contributed by atoms with Crippen molar-refractivity contribution >= 4 is 22.2 Å². The fourth-order valence-electron chi connectivity index (χ4n) is 2.47. The number of rotatable bonds is 4. The standard InChI is InChI=1S/C17H22N2O2S/c1-9(2)19-17(20)15-14(11(4)22-16(15)18)12-8-10(3)6-7-13(12)21-5/h6-9H,18H2,1-5H3,(H,19,20). The summed E-state index contributed by atoms with van der Waals surface area (Å²) >= 11 is 1.43. The summed E-state index contributed by atoms with van der Waals surface area (Å²) in [6.45, 7) is 7.85. The number of aryl methyl sites for hydroxylation is 2. The molecule has 0 unspecified atom stereocenters. The fraction of sp³-hybridized carbons (Fsp3) is 0.353. The van der Waals surface area contributed by atoms with Crippen molar-refractivity contribution in [2.75, 3.05) is 12.8 Å². The first-order chi connectivity index (χ1) is 10.3. The first-order valence-corrected chi connectivity index (χ1v) is 8.01. The monoisotopic (exact) mass is 318 g/mol. The van der Waals surface area contributed by atoms with E-state index in [0.29, 0.717) is 10.6 Å². The van der Waals surface area contributed by atoms with Crippen molar-refractivity contribution in [1.82, 2.24) is 5.32 Å². The molecule has 0 aliphatic carbocycles. The third kappa shape index (κ3) is 3.09. The predicted octanol–water partition coefficient (Wildman–Crippen LogP) is 3.76. The van der Waals surface area contributed by atoms with E-state index >= 15 is 0 Å². The van der Waals surface area contributed by atoms with Gasteiger partial charge in [-0.15, -0.1) is 11.3 Å². The Morgan fingerprint density at radius 2 is 2.00 bits per heavy atom. The maximum absolute atomic E-state index is 12.5. The normalized spacial score (nSPS) is 10.8. The largest absolute Gasteiger partial charge is 0.496 e. The first-order valence-electron chi connectivity index (χ1n) is 7.19. The first kappa shape index (κ1) is 16.4. The van der Waals surface area contributed by atoms with Gasteiger partial charge in [0.25, 0.3) is 5.91 Å². The number of ether oxygens (including phenoxy) is 1. The van der Waals surface area contributed by atoms with Gasteiger partial charge in [-0.25, -0.2) is 0 Å². The summed E-state index contributed by atoms with van der Waals surface area (Å²) in [6.07, 6.45) is 0. The maximum atomic E-state index is 12.5. The highest BCUT2D eigenvalue weighted by molar-refractivity contribution is 7.16. The second-order valence-electron chi connectivity index (χ2n) is 5.60. The van der Waals surface area contributed by atoms with E-state index in [0.717, 1.165) is 27.3 Å². The second-order valence-corrected chi connectivity index (χ2v) is 6.86. The van der Waals surface area contributed by atoms with Gasteiger partial charge in [-0.05, 0) is 39.8 Å². The van der Waals surface area contributed by atoms with Crippen LogP contribution in [0.15, 0.2) is 18.2 Å². The molecule has 0 saturated heterocycles. The molecule has 0 bridgehead atoms. The Hall–Kier alpha value is -2.01. The average Bonchev–Trinajstić information content (AvgIpc) is 2.72. The molecule has 0 spiro atoms. The van der Waals surface area contributed by atoms with E-state index in [4.69, 9.17) is 10.5 Å². The van der Waals surface area contributed by atoms with E-state index in [1.165, 1.54) is 11.3 Å². The summed E-state index contributed by atoms with van der Waals surface area (Å²) in [7, 11) is 1.63. The molecule has 0 aliphatic heterocycles. The van der Waals surface area contributed by atoms with E-state index in [2.05, 4.69) is 5.32 Å². The van der Waals surface area contributed by atoms with E-state index in [1.54, 1.807) is 7.11 Å². The number of anilines is 1. The number of hydrogen-bond acceptors (Lipinski definition) is 4. The number of amides is 1. The number of nitrogen functional groups attached to an aromatic ring is 1. The Morgan fingerprint density at radius 3 is 2.59 bits per heavy atom. The molecule has 4 nitrogen and oxygen atoms in total. The van der Waals surface area contributed by atoms with Crippen molar-refractivity contribution in [1.29, 1.82) is 0 Å². The van der Waals surface area contributed by atoms with Crippen LogP contribution in [0.4, 0.5) is 5.00 Å². The Kier molecular flexibility index (Phi) is 4.76. The molecular formula is C17H22N2O2S. The Labute approximate surface area is 135 Å². The van der Waals surface area contributed by atoms with Crippen molar-refractivity contribution < 1.29 is 9.53 Å². The van der Waals surface area contributed by atoms with Crippen LogP contribution in [0.3, 0.4) is 0 Å². The molecular weight excluding hydrogens is 296 g/mol. The van der Waals surface area contributed by atoms with E-state index in [-0.39, 0.29) is 11.9 Å². The zero-order valence-electron chi connectivity index (χ0n) is 13.6. The van der Waals surface area contributed by atoms with Gasteiger partial charge in [0.2, 0.25) is 0 Å². The SMILES string of the molecule is COc1ccc(C)cc1-c1c(C)sc(N)c1C(=O)NC(C)C. The van der Waals surface area contributed by atoms with Crippen LogP contribution < -0.4 is 15.8 Å². The van der Waals surface area contributed by atoms with Crippen LogP contribution in [0, 0.1) is 13.8 Å². The number of carbonyl (C=O) groups excluding carboxylic acids is 1. The molecule has 0 saturated carbocycles. The molecule has 0 fully saturated rings. The molecule has 0 atom stereocenters. The van der Waals surface area contributed by atoms with Crippen molar-refractivity contribution in [3.8, 4) is 16.9 Å². The lowest BCUT2D eigenvalue weighted by atomic mass is 9.98. The number of nitrogens with two attached hydrogens (primary N) is 1. The number of carbonyl (C=O) groups is 1. The molecule has 0 aliphatic rings. The van der Waals surface area contributed by atoms with Gasteiger partial charge in [0.1, 0.15) is 5.75 Å². The Morgan fingerprint density at radius 1 is 1.32 bits per heavy atom. The van der Waals surface area contributed by atoms with Gasteiger partial charge in [0.15, 0.2) is 0 Å². The lowest BCUT2D eigenvalue weighted by Crippen LogP contribution is -2.30. The van der Waals surface area contributed by atoms with Crippen LogP contribution in [0.1, 0.15) is 34.6 Å². The molecule has 0 radical (unpaired) electrons. The molecule has 1 aromatic heterocycles. The number of benzene rings is 1. The van der Waals surface area contributed by atoms with Crippen LogP contribution in [-0.2, 0) is 0 Å². The smallest absolute Gasteiger partial charge is 0.255 e. The minimum atomic E-state index is -0.143. The second kappa shape index (κ2) is 6.40. The Bertz CT molecular complexity index is 705.